The molecule has 188 valence electrons. The number of carbonyl (C=O) groups excluding carboxylic acids is 1. The summed E-state index contributed by atoms with van der Waals surface area (Å²) in [6, 6.07) is 15.4. The Morgan fingerprint density at radius 2 is 1.81 bits per heavy atom. The van der Waals surface area contributed by atoms with E-state index in [9.17, 15) is 18.0 Å². The molecule has 0 fully saturated rings. The first kappa shape index (κ1) is 25.2. The van der Waals surface area contributed by atoms with Gasteiger partial charge in [-0.2, -0.15) is 4.98 Å². The van der Waals surface area contributed by atoms with Crippen LogP contribution in [-0.4, -0.2) is 44.1 Å². The fourth-order valence-electron chi connectivity index (χ4n) is 3.95. The molecule has 0 radical (unpaired) electrons. The number of para-hydroxylation sites is 1. The van der Waals surface area contributed by atoms with Crippen LogP contribution in [0.4, 0.5) is 11.8 Å². The second kappa shape index (κ2) is 10.4. The quantitative estimate of drug-likeness (QED) is 0.486. The number of methoxy groups -OCH3 is 1. The highest BCUT2D eigenvalue weighted by Gasteiger charge is 2.33. The number of fused-ring (bicyclic) bond motifs is 1. The average molecular weight is 509 g/mol. The summed E-state index contributed by atoms with van der Waals surface area (Å²) < 4.78 is 34.9. The first-order chi connectivity index (χ1) is 17.3. The molecule has 10 heteroatoms. The number of esters is 1. The van der Waals surface area contributed by atoms with Crippen molar-refractivity contribution < 1.29 is 17.9 Å². The lowest BCUT2D eigenvalue weighted by Crippen LogP contribution is -2.36. The number of carbonyl (C=O) groups is 1. The van der Waals surface area contributed by atoms with Gasteiger partial charge in [-0.25, -0.2) is 22.1 Å². The number of nitrogens with one attached hydrogen (secondary N) is 1. The third-order valence-electron chi connectivity index (χ3n) is 5.84. The van der Waals surface area contributed by atoms with E-state index in [-0.39, 0.29) is 40.8 Å². The van der Waals surface area contributed by atoms with Crippen molar-refractivity contribution >= 4 is 33.8 Å². The van der Waals surface area contributed by atoms with Gasteiger partial charge in [0, 0.05) is 18.7 Å². The van der Waals surface area contributed by atoms with Gasteiger partial charge >= 0.3 is 5.97 Å². The first-order valence-corrected chi connectivity index (χ1v) is 13.1. The Morgan fingerprint density at radius 1 is 1.11 bits per heavy atom. The molecule has 1 aliphatic rings. The van der Waals surface area contributed by atoms with Gasteiger partial charge in [0.05, 0.1) is 23.3 Å². The molecule has 0 saturated heterocycles. The topological polar surface area (TPSA) is 111 Å². The normalized spacial score (nSPS) is 13.4. The molecule has 0 unspecified atom stereocenters. The summed E-state index contributed by atoms with van der Waals surface area (Å²) in [5.41, 5.74) is 1.15. The lowest BCUT2D eigenvalue weighted by Gasteiger charge is -2.25. The number of aromatic nitrogens is 2. The maximum absolute atomic E-state index is 13.9. The summed E-state index contributed by atoms with van der Waals surface area (Å²) in [4.78, 5) is 31.1. The number of aryl methyl sites for hydroxylation is 1. The molecular formula is C26H28N4O5S. The number of hydrogen-bond donors (Lipinski definition) is 1. The number of rotatable bonds is 7. The Kier molecular flexibility index (Phi) is 7.25. The summed E-state index contributed by atoms with van der Waals surface area (Å²) in [5, 5.41) is 3.16. The van der Waals surface area contributed by atoms with E-state index in [0.29, 0.717) is 12.2 Å². The van der Waals surface area contributed by atoms with Crippen LogP contribution in [0.15, 0.2) is 69.9 Å². The molecule has 3 aromatic rings. The number of hydrogen-bond acceptors (Lipinski definition) is 7. The highest BCUT2D eigenvalue weighted by Crippen LogP contribution is 2.31. The van der Waals surface area contributed by atoms with E-state index in [1.54, 1.807) is 36.4 Å². The van der Waals surface area contributed by atoms with Gasteiger partial charge in [-0.05, 0) is 50.1 Å². The monoisotopic (exact) mass is 508 g/mol. The van der Waals surface area contributed by atoms with Gasteiger partial charge in [-0.15, -0.1) is 0 Å². The van der Waals surface area contributed by atoms with Crippen molar-refractivity contribution in [2.24, 2.45) is 0 Å². The molecule has 9 nitrogen and oxygen atoms in total. The zero-order valence-corrected chi connectivity index (χ0v) is 21.2. The van der Waals surface area contributed by atoms with E-state index in [1.165, 1.54) is 29.9 Å². The van der Waals surface area contributed by atoms with E-state index in [1.807, 2.05) is 19.9 Å². The number of nitrogens with zero attached hydrogens (tertiary/aromatic N) is 3. The summed E-state index contributed by atoms with van der Waals surface area (Å²) >= 11 is 0. The van der Waals surface area contributed by atoms with E-state index in [0.717, 1.165) is 16.3 Å². The van der Waals surface area contributed by atoms with Crippen molar-refractivity contribution in [2.45, 2.75) is 31.6 Å². The van der Waals surface area contributed by atoms with Gasteiger partial charge in [0.25, 0.3) is 15.6 Å². The average Bonchev–Trinajstić information content (AvgIpc) is 3.08. The zero-order valence-electron chi connectivity index (χ0n) is 20.4. The lowest BCUT2D eigenvalue weighted by molar-refractivity contribution is -0.136. The standard InChI is InChI=1S/C26H28N4O5S/c1-4-15-27-26-28-23-22(24(31)30(26)20-8-6-5-7-9-20)17-19(25(32)35-3)14-16-29(23)36(33,34)21-12-10-18(2)11-13-21/h5-13,17H,4,14-16H2,1-3H3,(H,27,28). The highest BCUT2D eigenvalue weighted by molar-refractivity contribution is 7.92. The van der Waals surface area contributed by atoms with Crippen LogP contribution in [0, 0.1) is 6.92 Å². The van der Waals surface area contributed by atoms with Crippen LogP contribution in [0.25, 0.3) is 11.8 Å². The Hall–Kier alpha value is -3.92. The molecule has 0 amide bonds. The van der Waals surface area contributed by atoms with Crippen molar-refractivity contribution in [1.29, 1.82) is 0 Å². The van der Waals surface area contributed by atoms with Gasteiger partial charge in [0.15, 0.2) is 5.82 Å². The Labute approximate surface area is 210 Å². The van der Waals surface area contributed by atoms with E-state index < -0.39 is 21.6 Å². The summed E-state index contributed by atoms with van der Waals surface area (Å²) in [5.74, 6) is -0.453. The second-order valence-electron chi connectivity index (χ2n) is 8.38. The van der Waals surface area contributed by atoms with Crippen molar-refractivity contribution in [2.75, 3.05) is 29.8 Å². The van der Waals surface area contributed by atoms with Gasteiger partial charge in [0.1, 0.15) is 0 Å². The van der Waals surface area contributed by atoms with Crippen molar-refractivity contribution in [3.05, 3.63) is 81.7 Å². The molecule has 0 bridgehead atoms. The highest BCUT2D eigenvalue weighted by atomic mass is 32.2. The van der Waals surface area contributed by atoms with Gasteiger partial charge < -0.3 is 10.1 Å². The van der Waals surface area contributed by atoms with Crippen LogP contribution in [0.1, 0.15) is 30.9 Å². The lowest BCUT2D eigenvalue weighted by atomic mass is 10.1. The molecule has 1 N–H and O–H groups in total. The smallest absolute Gasteiger partial charge is 0.333 e. The molecule has 1 aromatic heterocycles. The van der Waals surface area contributed by atoms with E-state index in [4.69, 9.17) is 4.74 Å². The largest absolute Gasteiger partial charge is 0.466 e. The van der Waals surface area contributed by atoms with Crippen LogP contribution >= 0.6 is 0 Å². The molecule has 0 atom stereocenters. The molecule has 1 aliphatic heterocycles. The summed E-state index contributed by atoms with van der Waals surface area (Å²) in [7, 11) is -2.85. The van der Waals surface area contributed by atoms with Crippen LogP contribution in [0.5, 0.6) is 0 Å². The zero-order chi connectivity index (χ0) is 25.9. The minimum absolute atomic E-state index is 0.00510. The number of sulfonamides is 1. The molecule has 0 spiro atoms. The van der Waals surface area contributed by atoms with E-state index in [2.05, 4.69) is 10.3 Å². The molecule has 0 aliphatic carbocycles. The van der Waals surface area contributed by atoms with Crippen LogP contribution < -0.4 is 15.2 Å². The van der Waals surface area contributed by atoms with Gasteiger partial charge in [0.2, 0.25) is 5.95 Å². The predicted molar refractivity (Wildman–Crippen MR) is 139 cm³/mol. The molecule has 0 saturated carbocycles. The fourth-order valence-corrected chi connectivity index (χ4v) is 5.38. The maximum atomic E-state index is 13.9. The SMILES string of the molecule is CCCNc1nc2c(c(=O)n1-c1ccccc1)C=C(C(=O)OC)CCN2S(=O)(=O)c1ccc(C)cc1. The summed E-state index contributed by atoms with van der Waals surface area (Å²) in [6.07, 6.45) is 2.21. The minimum atomic E-state index is -4.09. The van der Waals surface area contributed by atoms with E-state index >= 15 is 0 Å². The summed E-state index contributed by atoms with van der Waals surface area (Å²) in [6.45, 7) is 4.27. The number of anilines is 2. The Bertz CT molecular complexity index is 1460. The molecule has 2 aromatic carbocycles. The van der Waals surface area contributed by atoms with Gasteiger partial charge in [-0.3, -0.25) is 4.79 Å². The number of benzene rings is 2. The third kappa shape index (κ3) is 4.76. The Balaban J connectivity index is 2.01. The van der Waals surface area contributed by atoms with Crippen LogP contribution in [0.2, 0.25) is 0 Å². The van der Waals surface area contributed by atoms with Crippen LogP contribution in [0.3, 0.4) is 0 Å². The molecular weight excluding hydrogens is 480 g/mol. The fraction of sp³-hybridized carbons (Fsp3) is 0.269. The van der Waals surface area contributed by atoms with Crippen molar-refractivity contribution in [3.8, 4) is 5.69 Å². The van der Waals surface area contributed by atoms with Gasteiger partial charge in [-0.1, -0.05) is 42.8 Å². The number of ether oxygens (including phenoxy) is 1. The maximum Gasteiger partial charge on any atom is 0.333 e. The molecule has 2 heterocycles. The first-order valence-electron chi connectivity index (χ1n) is 11.6. The third-order valence-corrected chi connectivity index (χ3v) is 7.64. The molecule has 4 rings (SSSR count). The van der Waals surface area contributed by atoms with Crippen LogP contribution in [-0.2, 0) is 19.6 Å². The predicted octanol–water partition coefficient (Wildman–Crippen LogP) is 3.52. The second-order valence-corrected chi connectivity index (χ2v) is 10.2. The van der Waals surface area contributed by atoms with Crippen molar-refractivity contribution in [1.82, 2.24) is 9.55 Å². The van der Waals surface area contributed by atoms with Crippen molar-refractivity contribution in [3.63, 3.8) is 0 Å². The Morgan fingerprint density at radius 3 is 2.44 bits per heavy atom. The minimum Gasteiger partial charge on any atom is -0.466 e. The molecule has 36 heavy (non-hydrogen) atoms.